The van der Waals surface area contributed by atoms with E-state index in [9.17, 15) is 14.4 Å². The quantitative estimate of drug-likeness (QED) is 0.543. The molecule has 1 aliphatic rings. The maximum Gasteiger partial charge on any atom is 0.246 e. The van der Waals surface area contributed by atoms with Gasteiger partial charge in [-0.3, -0.25) is 19.7 Å². The predicted octanol–water partition coefficient (Wildman–Crippen LogP) is -1.54. The summed E-state index contributed by atoms with van der Waals surface area (Å²) < 4.78 is 0. The second-order valence-electron chi connectivity index (χ2n) is 4.22. The first-order valence-corrected chi connectivity index (χ1v) is 4.69. The molecule has 15 heavy (non-hydrogen) atoms. The first kappa shape index (κ1) is 11.6. The van der Waals surface area contributed by atoms with E-state index in [2.05, 4.69) is 5.32 Å². The molecule has 0 aromatic rings. The van der Waals surface area contributed by atoms with Gasteiger partial charge in [0.05, 0.1) is 5.41 Å². The molecule has 1 heterocycles. The number of nitrogens with one attached hydrogen (secondary N) is 1. The molecule has 1 rings (SSSR count). The van der Waals surface area contributed by atoms with Crippen LogP contribution in [0.5, 0.6) is 0 Å². The Hall–Kier alpha value is -1.43. The van der Waals surface area contributed by atoms with Gasteiger partial charge in [0.15, 0.2) is 0 Å². The number of nitrogens with two attached hydrogens (primary N) is 1. The van der Waals surface area contributed by atoms with Gasteiger partial charge >= 0.3 is 0 Å². The number of amides is 3. The second-order valence-corrected chi connectivity index (χ2v) is 4.22. The van der Waals surface area contributed by atoms with Crippen LogP contribution in [0.25, 0.3) is 0 Å². The summed E-state index contributed by atoms with van der Waals surface area (Å²) in [6.07, 6.45) is 0. The number of rotatable bonds is 2. The highest BCUT2D eigenvalue weighted by Crippen LogP contribution is 2.17. The lowest BCUT2D eigenvalue weighted by Gasteiger charge is -2.32. The standard InChI is InChI=1S/C9H15N3O3/c1-9(2,5-10)8(15)12-3-6(13)11-7(14)4-12/h3-5,10H2,1-2H3,(H,11,13,14). The minimum atomic E-state index is -0.738. The van der Waals surface area contributed by atoms with E-state index in [4.69, 9.17) is 5.73 Å². The van der Waals surface area contributed by atoms with Crippen molar-refractivity contribution in [2.75, 3.05) is 19.6 Å². The minimum absolute atomic E-state index is 0.0754. The molecule has 6 heteroatoms. The molecule has 0 radical (unpaired) electrons. The fraction of sp³-hybridized carbons (Fsp3) is 0.667. The van der Waals surface area contributed by atoms with E-state index in [-0.39, 0.29) is 25.5 Å². The molecular weight excluding hydrogens is 198 g/mol. The third kappa shape index (κ3) is 2.53. The Morgan fingerprint density at radius 2 is 1.87 bits per heavy atom. The van der Waals surface area contributed by atoms with Crippen molar-refractivity contribution in [3.05, 3.63) is 0 Å². The van der Waals surface area contributed by atoms with Crippen LogP contribution in [-0.2, 0) is 14.4 Å². The lowest BCUT2D eigenvalue weighted by atomic mass is 9.91. The first-order valence-electron chi connectivity index (χ1n) is 4.69. The van der Waals surface area contributed by atoms with Gasteiger partial charge in [-0.05, 0) is 13.8 Å². The van der Waals surface area contributed by atoms with Gasteiger partial charge in [0, 0.05) is 6.54 Å². The van der Waals surface area contributed by atoms with Crippen LogP contribution in [0.4, 0.5) is 0 Å². The number of carbonyl (C=O) groups is 3. The van der Waals surface area contributed by atoms with Crippen LogP contribution in [0.2, 0.25) is 0 Å². The lowest BCUT2D eigenvalue weighted by Crippen LogP contribution is -2.56. The predicted molar refractivity (Wildman–Crippen MR) is 52.6 cm³/mol. The molecule has 84 valence electrons. The van der Waals surface area contributed by atoms with Gasteiger partial charge in [-0.15, -0.1) is 0 Å². The van der Waals surface area contributed by atoms with Crippen molar-refractivity contribution >= 4 is 17.7 Å². The molecule has 0 saturated carbocycles. The maximum absolute atomic E-state index is 11.9. The van der Waals surface area contributed by atoms with Crippen LogP contribution >= 0.6 is 0 Å². The third-order valence-electron chi connectivity index (χ3n) is 2.32. The van der Waals surface area contributed by atoms with Gasteiger partial charge in [0.1, 0.15) is 13.1 Å². The number of hydrogen-bond acceptors (Lipinski definition) is 4. The van der Waals surface area contributed by atoms with Crippen molar-refractivity contribution in [3.63, 3.8) is 0 Å². The zero-order valence-corrected chi connectivity index (χ0v) is 8.87. The topological polar surface area (TPSA) is 92.5 Å². The Labute approximate surface area is 87.8 Å². The molecule has 0 spiro atoms. The molecule has 1 fully saturated rings. The van der Waals surface area contributed by atoms with Gasteiger partial charge in [0.2, 0.25) is 17.7 Å². The van der Waals surface area contributed by atoms with Crippen molar-refractivity contribution in [1.82, 2.24) is 10.2 Å². The molecule has 0 aromatic heterocycles. The molecule has 0 unspecified atom stereocenters. The Balaban J connectivity index is 2.76. The summed E-state index contributed by atoms with van der Waals surface area (Å²) in [5.74, 6) is -1.17. The number of piperazine rings is 1. The zero-order valence-electron chi connectivity index (χ0n) is 8.87. The van der Waals surface area contributed by atoms with E-state index >= 15 is 0 Å². The SMILES string of the molecule is CC(C)(CN)C(=O)N1CC(=O)NC(=O)C1. The fourth-order valence-corrected chi connectivity index (χ4v) is 1.30. The van der Waals surface area contributed by atoms with Crippen molar-refractivity contribution in [2.24, 2.45) is 11.1 Å². The van der Waals surface area contributed by atoms with Gasteiger partial charge in [-0.25, -0.2) is 0 Å². The normalized spacial score (nSPS) is 17.7. The Kier molecular flexibility index (Phi) is 3.09. The smallest absolute Gasteiger partial charge is 0.246 e. The molecule has 6 nitrogen and oxygen atoms in total. The summed E-state index contributed by atoms with van der Waals surface area (Å²) >= 11 is 0. The van der Waals surface area contributed by atoms with E-state index in [0.29, 0.717) is 0 Å². The summed E-state index contributed by atoms with van der Waals surface area (Å²) in [5, 5.41) is 2.13. The highest BCUT2D eigenvalue weighted by molar-refractivity contribution is 6.03. The summed E-state index contributed by atoms with van der Waals surface area (Å²) in [5.41, 5.74) is 4.71. The van der Waals surface area contributed by atoms with Crippen molar-refractivity contribution in [2.45, 2.75) is 13.8 Å². The van der Waals surface area contributed by atoms with Crippen molar-refractivity contribution < 1.29 is 14.4 Å². The molecule has 0 bridgehead atoms. The van der Waals surface area contributed by atoms with Gasteiger partial charge in [0.25, 0.3) is 0 Å². The minimum Gasteiger partial charge on any atom is -0.329 e. The number of carbonyl (C=O) groups excluding carboxylic acids is 3. The fourth-order valence-electron chi connectivity index (χ4n) is 1.30. The lowest BCUT2D eigenvalue weighted by molar-refractivity contribution is -0.150. The van der Waals surface area contributed by atoms with Crippen LogP contribution in [0.15, 0.2) is 0 Å². The molecule has 0 aromatic carbocycles. The van der Waals surface area contributed by atoms with E-state index in [1.54, 1.807) is 13.8 Å². The molecule has 1 saturated heterocycles. The van der Waals surface area contributed by atoms with E-state index in [1.807, 2.05) is 0 Å². The third-order valence-corrected chi connectivity index (χ3v) is 2.32. The second kappa shape index (κ2) is 3.98. The highest BCUT2D eigenvalue weighted by atomic mass is 16.2. The molecule has 0 aliphatic carbocycles. The molecule has 3 amide bonds. The van der Waals surface area contributed by atoms with Gasteiger partial charge in [-0.1, -0.05) is 0 Å². The summed E-state index contributed by atoms with van der Waals surface area (Å²) in [4.78, 5) is 35.2. The summed E-state index contributed by atoms with van der Waals surface area (Å²) in [7, 11) is 0. The molecule has 0 atom stereocenters. The van der Waals surface area contributed by atoms with Crippen LogP contribution < -0.4 is 11.1 Å². The zero-order chi connectivity index (χ0) is 11.6. The van der Waals surface area contributed by atoms with Gasteiger partial charge < -0.3 is 10.6 Å². The van der Waals surface area contributed by atoms with E-state index < -0.39 is 17.2 Å². The van der Waals surface area contributed by atoms with E-state index in [1.165, 1.54) is 4.90 Å². The van der Waals surface area contributed by atoms with Crippen LogP contribution in [0.3, 0.4) is 0 Å². The first-order chi connectivity index (χ1) is 6.86. The van der Waals surface area contributed by atoms with Crippen LogP contribution in [0.1, 0.15) is 13.8 Å². The number of nitrogens with zero attached hydrogens (tertiary/aromatic N) is 1. The van der Waals surface area contributed by atoms with Crippen LogP contribution in [0, 0.1) is 5.41 Å². The Morgan fingerprint density at radius 3 is 2.27 bits per heavy atom. The average Bonchev–Trinajstić information content (AvgIpc) is 2.15. The summed E-state index contributed by atoms with van der Waals surface area (Å²) in [6, 6.07) is 0. The van der Waals surface area contributed by atoms with Crippen LogP contribution in [-0.4, -0.2) is 42.3 Å². The molecular formula is C9H15N3O3. The summed E-state index contributed by atoms with van der Waals surface area (Å²) in [6.45, 7) is 3.40. The number of hydrogen-bond donors (Lipinski definition) is 2. The average molecular weight is 213 g/mol. The number of imide groups is 1. The van der Waals surface area contributed by atoms with E-state index in [0.717, 1.165) is 0 Å². The van der Waals surface area contributed by atoms with Crippen molar-refractivity contribution in [3.8, 4) is 0 Å². The maximum atomic E-state index is 11.9. The largest absolute Gasteiger partial charge is 0.329 e. The monoisotopic (exact) mass is 213 g/mol. The Morgan fingerprint density at radius 1 is 1.40 bits per heavy atom. The molecule has 3 N–H and O–H groups in total. The molecule has 1 aliphatic heterocycles. The highest BCUT2D eigenvalue weighted by Gasteiger charge is 2.35. The van der Waals surface area contributed by atoms with Gasteiger partial charge in [-0.2, -0.15) is 0 Å². The van der Waals surface area contributed by atoms with Crippen molar-refractivity contribution in [1.29, 1.82) is 0 Å². The Bertz CT molecular complexity index is 296.